The molecule has 0 amide bonds. The van der Waals surface area contributed by atoms with E-state index in [0.717, 1.165) is 49.1 Å². The third-order valence-electron chi connectivity index (χ3n) is 5.27. The Balaban J connectivity index is 1.83. The standard InChI is InChI=1S/C21H29N5O2S/c1-3-25(4-2)18-12-10-16(11-13-18)14-22-26-20(17-8-6-5-7-9-17)23-24-21(26)29-15-19(27)28/h10-14,17H,3-9,15H2,1-2H3,(H,27,28)/p-1/b22-14-. The van der Waals surface area contributed by atoms with Crippen molar-refractivity contribution in [2.24, 2.45) is 5.10 Å². The van der Waals surface area contributed by atoms with Gasteiger partial charge in [-0.1, -0.05) is 43.2 Å². The first-order chi connectivity index (χ1) is 14.1. The molecule has 0 atom stereocenters. The predicted molar refractivity (Wildman–Crippen MR) is 115 cm³/mol. The van der Waals surface area contributed by atoms with Crippen molar-refractivity contribution in [1.29, 1.82) is 0 Å². The first-order valence-corrected chi connectivity index (χ1v) is 11.3. The number of anilines is 1. The highest BCUT2D eigenvalue weighted by Crippen LogP contribution is 2.33. The summed E-state index contributed by atoms with van der Waals surface area (Å²) in [4.78, 5) is 13.2. The van der Waals surface area contributed by atoms with E-state index in [9.17, 15) is 9.90 Å². The molecule has 2 aromatic rings. The Labute approximate surface area is 176 Å². The maximum atomic E-state index is 10.9. The molecule has 7 nitrogen and oxygen atoms in total. The zero-order chi connectivity index (χ0) is 20.6. The van der Waals surface area contributed by atoms with Gasteiger partial charge in [-0.05, 0) is 44.4 Å². The summed E-state index contributed by atoms with van der Waals surface area (Å²) in [6.07, 6.45) is 7.52. The van der Waals surface area contributed by atoms with Crippen molar-refractivity contribution < 1.29 is 9.90 Å². The van der Waals surface area contributed by atoms with Crippen molar-refractivity contribution >= 4 is 29.6 Å². The minimum absolute atomic E-state index is 0.170. The molecule has 156 valence electrons. The van der Waals surface area contributed by atoms with Crippen molar-refractivity contribution in [2.45, 2.75) is 57.0 Å². The van der Waals surface area contributed by atoms with Gasteiger partial charge in [0.05, 0.1) is 12.2 Å². The van der Waals surface area contributed by atoms with Gasteiger partial charge in [-0.15, -0.1) is 10.2 Å². The molecule has 0 spiro atoms. The number of carbonyl (C=O) groups is 1. The highest BCUT2D eigenvalue weighted by atomic mass is 32.2. The number of carbonyl (C=O) groups excluding carboxylic acids is 1. The second-order valence-corrected chi connectivity index (χ2v) is 8.10. The van der Waals surface area contributed by atoms with Gasteiger partial charge in [0, 0.05) is 30.4 Å². The Morgan fingerprint density at radius 3 is 2.52 bits per heavy atom. The van der Waals surface area contributed by atoms with E-state index in [1.807, 2.05) is 12.1 Å². The Kier molecular flexibility index (Phi) is 7.69. The molecular formula is C21H28N5O2S-. The van der Waals surface area contributed by atoms with E-state index in [2.05, 4.69) is 46.2 Å². The molecule has 3 rings (SSSR count). The van der Waals surface area contributed by atoms with E-state index in [1.165, 1.54) is 24.9 Å². The molecule has 1 saturated carbocycles. The average molecular weight is 415 g/mol. The van der Waals surface area contributed by atoms with E-state index >= 15 is 0 Å². The molecule has 0 saturated heterocycles. The molecule has 29 heavy (non-hydrogen) atoms. The van der Waals surface area contributed by atoms with Gasteiger partial charge in [0.25, 0.3) is 0 Å². The molecule has 0 unspecified atom stereocenters. The fraction of sp³-hybridized carbons (Fsp3) is 0.524. The van der Waals surface area contributed by atoms with Crippen LogP contribution < -0.4 is 10.0 Å². The zero-order valence-corrected chi connectivity index (χ0v) is 17.9. The second kappa shape index (κ2) is 10.4. The molecule has 0 bridgehead atoms. The quantitative estimate of drug-likeness (QED) is 0.463. The lowest BCUT2D eigenvalue weighted by atomic mass is 9.89. The third-order valence-corrected chi connectivity index (χ3v) is 6.16. The zero-order valence-electron chi connectivity index (χ0n) is 17.1. The van der Waals surface area contributed by atoms with Crippen molar-refractivity contribution in [3.8, 4) is 0 Å². The molecule has 1 aliphatic rings. The van der Waals surface area contributed by atoms with E-state index < -0.39 is 5.97 Å². The van der Waals surface area contributed by atoms with E-state index in [0.29, 0.717) is 11.1 Å². The van der Waals surface area contributed by atoms with Gasteiger partial charge in [0.15, 0.2) is 5.82 Å². The minimum Gasteiger partial charge on any atom is -0.549 e. The van der Waals surface area contributed by atoms with Crippen molar-refractivity contribution in [2.75, 3.05) is 23.7 Å². The number of thioether (sulfide) groups is 1. The minimum atomic E-state index is -1.13. The number of rotatable bonds is 9. The van der Waals surface area contributed by atoms with Crippen LogP contribution in [0.1, 0.15) is 63.3 Å². The van der Waals surface area contributed by atoms with Crippen molar-refractivity contribution in [3.05, 3.63) is 35.7 Å². The van der Waals surface area contributed by atoms with Crippen LogP contribution in [0.2, 0.25) is 0 Å². The van der Waals surface area contributed by atoms with Gasteiger partial charge in [-0.3, -0.25) is 0 Å². The Morgan fingerprint density at radius 1 is 1.21 bits per heavy atom. The van der Waals surface area contributed by atoms with E-state index in [1.54, 1.807) is 10.9 Å². The van der Waals surface area contributed by atoms with Crippen LogP contribution in [0.4, 0.5) is 5.69 Å². The van der Waals surface area contributed by atoms with Crippen LogP contribution in [-0.4, -0.2) is 45.9 Å². The molecular weight excluding hydrogens is 386 g/mol. The first-order valence-electron chi connectivity index (χ1n) is 10.3. The number of carboxylic acid groups (broad SMARTS) is 1. The van der Waals surface area contributed by atoms with Crippen LogP contribution in [0.5, 0.6) is 0 Å². The molecule has 1 heterocycles. The summed E-state index contributed by atoms with van der Waals surface area (Å²) < 4.78 is 1.71. The molecule has 1 aliphatic carbocycles. The summed E-state index contributed by atoms with van der Waals surface area (Å²) in [6, 6.07) is 8.26. The average Bonchev–Trinajstić information content (AvgIpc) is 3.16. The fourth-order valence-corrected chi connectivity index (χ4v) is 4.31. The summed E-state index contributed by atoms with van der Waals surface area (Å²) in [5.41, 5.74) is 2.16. The maximum absolute atomic E-state index is 10.9. The Hall–Kier alpha value is -2.35. The topological polar surface area (TPSA) is 86.4 Å². The summed E-state index contributed by atoms with van der Waals surface area (Å²) in [5, 5.41) is 24.5. The number of aliphatic carboxylic acids is 1. The van der Waals surface area contributed by atoms with Gasteiger partial charge in [-0.2, -0.15) is 9.78 Å². The van der Waals surface area contributed by atoms with E-state index in [4.69, 9.17) is 0 Å². The highest BCUT2D eigenvalue weighted by Gasteiger charge is 2.23. The molecule has 1 fully saturated rings. The summed E-state index contributed by atoms with van der Waals surface area (Å²) in [5.74, 6) is -0.159. The maximum Gasteiger partial charge on any atom is 0.212 e. The molecule has 0 aliphatic heterocycles. The van der Waals surface area contributed by atoms with Crippen LogP contribution in [-0.2, 0) is 4.79 Å². The van der Waals surface area contributed by atoms with Crippen LogP contribution >= 0.6 is 11.8 Å². The lowest BCUT2D eigenvalue weighted by Gasteiger charge is -2.21. The number of hydrogen-bond acceptors (Lipinski definition) is 7. The van der Waals surface area contributed by atoms with Gasteiger partial charge in [-0.25, -0.2) is 0 Å². The SMILES string of the molecule is CCN(CC)c1ccc(/C=N\n2c(SCC(=O)[O-])nnc2C2CCCCC2)cc1. The number of aromatic nitrogens is 3. The Morgan fingerprint density at radius 2 is 1.90 bits per heavy atom. The highest BCUT2D eigenvalue weighted by molar-refractivity contribution is 7.99. The molecule has 1 aromatic heterocycles. The van der Waals surface area contributed by atoms with Crippen LogP contribution in [0, 0.1) is 0 Å². The monoisotopic (exact) mass is 414 g/mol. The molecule has 0 radical (unpaired) electrons. The van der Waals surface area contributed by atoms with E-state index in [-0.39, 0.29) is 5.75 Å². The first kappa shape index (κ1) is 21.4. The number of benzene rings is 1. The van der Waals surface area contributed by atoms with Gasteiger partial charge in [0.1, 0.15) is 0 Å². The van der Waals surface area contributed by atoms with Gasteiger partial charge < -0.3 is 14.8 Å². The number of nitrogens with zero attached hydrogens (tertiary/aromatic N) is 5. The second-order valence-electron chi connectivity index (χ2n) is 7.16. The third kappa shape index (κ3) is 5.59. The predicted octanol–water partition coefficient (Wildman–Crippen LogP) is 2.90. The van der Waals surface area contributed by atoms with Crippen molar-refractivity contribution in [1.82, 2.24) is 14.9 Å². The fourth-order valence-electron chi connectivity index (χ4n) is 3.70. The largest absolute Gasteiger partial charge is 0.549 e. The summed E-state index contributed by atoms with van der Waals surface area (Å²) in [7, 11) is 0. The lowest BCUT2D eigenvalue weighted by Crippen LogP contribution is -2.24. The van der Waals surface area contributed by atoms with Crippen LogP contribution in [0.25, 0.3) is 0 Å². The van der Waals surface area contributed by atoms with Crippen LogP contribution in [0.3, 0.4) is 0 Å². The number of carboxylic acids is 1. The Bertz CT molecular complexity index is 824. The van der Waals surface area contributed by atoms with Crippen LogP contribution in [0.15, 0.2) is 34.5 Å². The number of hydrogen-bond donors (Lipinski definition) is 0. The summed E-state index contributed by atoms with van der Waals surface area (Å²) >= 11 is 1.09. The molecule has 8 heteroatoms. The molecule has 0 N–H and O–H groups in total. The lowest BCUT2D eigenvalue weighted by molar-refractivity contribution is -0.301. The smallest absolute Gasteiger partial charge is 0.212 e. The van der Waals surface area contributed by atoms with Gasteiger partial charge in [0.2, 0.25) is 5.16 Å². The molecule has 1 aromatic carbocycles. The summed E-state index contributed by atoms with van der Waals surface area (Å²) in [6.45, 7) is 6.22. The van der Waals surface area contributed by atoms with Crippen molar-refractivity contribution in [3.63, 3.8) is 0 Å². The normalized spacial score (nSPS) is 15.1. The van der Waals surface area contributed by atoms with Gasteiger partial charge >= 0.3 is 0 Å².